The summed E-state index contributed by atoms with van der Waals surface area (Å²) in [5.41, 5.74) is -0.838. The Balaban J connectivity index is 0.000000316. The Labute approximate surface area is 193 Å². The van der Waals surface area contributed by atoms with Gasteiger partial charge in [0, 0.05) is 25.9 Å². The maximum atomic E-state index is 11.9. The summed E-state index contributed by atoms with van der Waals surface area (Å²) in [7, 11) is 0. The second-order valence-electron chi connectivity index (χ2n) is 11.6. The molecule has 0 unspecified atom stereocenters. The van der Waals surface area contributed by atoms with Crippen molar-refractivity contribution in [1.82, 2.24) is 9.80 Å². The van der Waals surface area contributed by atoms with E-state index in [-0.39, 0.29) is 23.6 Å². The molecule has 31 heavy (non-hydrogen) atoms. The van der Waals surface area contributed by atoms with E-state index in [1.807, 2.05) is 46.4 Å². The third-order valence-corrected chi connectivity index (χ3v) is 14.0. The van der Waals surface area contributed by atoms with E-state index in [0.29, 0.717) is 25.9 Å². The standard InChI is InChI=1S/C10H17NO3.C10H18NO2.3CH3.Sn/c1-10(2,3)14-9(13)11-6-4-8(12)5-7-11;1-10(2,3)13-9(12)11-7-5-4-6-8-11;;;;/h4-7H2,1-3H3;4H,5-8H2,1-3H3;3*1H3;. The van der Waals surface area contributed by atoms with Crippen molar-refractivity contribution >= 4 is 36.3 Å². The first kappa shape index (κ1) is 28.0. The average molecular weight is 547 g/mol. The molecule has 0 aliphatic carbocycles. The monoisotopic (exact) mass is 548 g/mol. The van der Waals surface area contributed by atoms with Crippen molar-refractivity contribution in [3.63, 3.8) is 0 Å². The molecule has 0 spiro atoms. The molecular formula is C23H44N2O5Sn. The fourth-order valence-electron chi connectivity index (χ4n) is 3.52. The summed E-state index contributed by atoms with van der Waals surface area (Å²) in [6.07, 6.45) is 2.82. The first-order chi connectivity index (χ1) is 14.0. The number of ketones is 1. The van der Waals surface area contributed by atoms with Crippen LogP contribution in [0.5, 0.6) is 0 Å². The van der Waals surface area contributed by atoms with Crippen molar-refractivity contribution in [3.05, 3.63) is 0 Å². The molecule has 0 saturated carbocycles. The van der Waals surface area contributed by atoms with Crippen LogP contribution in [0.2, 0.25) is 18.8 Å². The van der Waals surface area contributed by atoms with Crippen LogP contribution in [0, 0.1) is 0 Å². The molecule has 2 amide bonds. The van der Waals surface area contributed by atoms with Crippen LogP contribution in [0.15, 0.2) is 0 Å². The Morgan fingerprint density at radius 2 is 1.13 bits per heavy atom. The molecule has 2 heterocycles. The first-order valence-corrected chi connectivity index (χ1v) is 21.7. The molecular weight excluding hydrogens is 503 g/mol. The van der Waals surface area contributed by atoms with Crippen molar-refractivity contribution in [3.8, 4) is 0 Å². The molecule has 2 saturated heterocycles. The molecule has 180 valence electrons. The van der Waals surface area contributed by atoms with E-state index in [4.69, 9.17) is 9.47 Å². The van der Waals surface area contributed by atoms with E-state index in [0.717, 1.165) is 17.0 Å². The molecule has 2 aliphatic rings. The molecule has 2 aliphatic heterocycles. The van der Waals surface area contributed by atoms with Gasteiger partial charge in [-0.15, -0.1) is 0 Å². The molecule has 0 atom stereocenters. The Kier molecular flexibility index (Phi) is 10.2. The molecule has 2 rings (SSSR count). The van der Waals surface area contributed by atoms with Gasteiger partial charge in [0.1, 0.15) is 11.4 Å². The number of carbonyl (C=O) groups is 3. The van der Waals surface area contributed by atoms with E-state index in [1.54, 1.807) is 4.90 Å². The normalized spacial score (nSPS) is 18.8. The molecule has 0 radical (unpaired) electrons. The van der Waals surface area contributed by atoms with Gasteiger partial charge in [-0.05, 0) is 20.8 Å². The van der Waals surface area contributed by atoms with Crippen LogP contribution in [0.3, 0.4) is 0 Å². The van der Waals surface area contributed by atoms with E-state index in [9.17, 15) is 14.4 Å². The SMILES string of the molecule is CC(C)(C)OC(=O)N1CCC(=O)CC1.CC(C)(C)OC(=O)N1CC[CH]([Sn]([CH3])([CH3])[CH3])CC1. The molecule has 7 nitrogen and oxygen atoms in total. The van der Waals surface area contributed by atoms with E-state index < -0.39 is 24.0 Å². The van der Waals surface area contributed by atoms with Crippen molar-refractivity contribution in [1.29, 1.82) is 0 Å². The third-order valence-electron chi connectivity index (χ3n) is 5.34. The van der Waals surface area contributed by atoms with Gasteiger partial charge in [0.15, 0.2) is 0 Å². The molecule has 2 fully saturated rings. The Morgan fingerprint density at radius 3 is 1.45 bits per heavy atom. The van der Waals surface area contributed by atoms with Crippen LogP contribution in [-0.2, 0) is 14.3 Å². The number of ether oxygens (including phenoxy) is 2. The van der Waals surface area contributed by atoms with Gasteiger partial charge < -0.3 is 9.64 Å². The van der Waals surface area contributed by atoms with Crippen LogP contribution in [0.25, 0.3) is 0 Å². The Bertz CT molecular complexity index is 613. The first-order valence-electron chi connectivity index (χ1n) is 11.5. The van der Waals surface area contributed by atoms with E-state index in [1.165, 1.54) is 12.8 Å². The van der Waals surface area contributed by atoms with Gasteiger partial charge in [-0.25, -0.2) is 4.79 Å². The summed E-state index contributed by atoms with van der Waals surface area (Å²) in [5.74, 6) is 0.227. The van der Waals surface area contributed by atoms with Crippen molar-refractivity contribution in [2.24, 2.45) is 0 Å². The molecule has 0 bridgehead atoms. The van der Waals surface area contributed by atoms with E-state index >= 15 is 0 Å². The van der Waals surface area contributed by atoms with Crippen LogP contribution in [0.4, 0.5) is 9.59 Å². The second-order valence-corrected chi connectivity index (χ2v) is 27.4. The third kappa shape index (κ3) is 11.4. The average Bonchev–Trinajstić information content (AvgIpc) is 2.59. The number of rotatable bonds is 1. The van der Waals surface area contributed by atoms with Crippen LogP contribution < -0.4 is 0 Å². The van der Waals surface area contributed by atoms with Crippen molar-refractivity contribution < 1.29 is 23.9 Å². The van der Waals surface area contributed by atoms with Gasteiger partial charge in [0.25, 0.3) is 0 Å². The zero-order valence-electron chi connectivity index (χ0n) is 21.2. The number of nitrogens with zero attached hydrogens (tertiary/aromatic N) is 2. The number of hydrogen-bond donors (Lipinski definition) is 0. The topological polar surface area (TPSA) is 76.1 Å². The van der Waals surface area contributed by atoms with Crippen LogP contribution in [0.1, 0.15) is 67.2 Å². The minimum absolute atomic E-state index is 0.139. The minimum atomic E-state index is -1.76. The zero-order chi connectivity index (χ0) is 24.0. The number of hydrogen-bond acceptors (Lipinski definition) is 5. The Morgan fingerprint density at radius 1 is 0.774 bits per heavy atom. The van der Waals surface area contributed by atoms with Crippen LogP contribution >= 0.6 is 0 Å². The summed E-state index contributed by atoms with van der Waals surface area (Å²) < 4.78 is 11.5. The summed E-state index contributed by atoms with van der Waals surface area (Å²) in [6.45, 7) is 14.0. The summed E-state index contributed by atoms with van der Waals surface area (Å²) in [4.78, 5) is 45.3. The fourth-order valence-corrected chi connectivity index (χ4v) is 9.20. The van der Waals surface area contributed by atoms with Gasteiger partial charge in [0.2, 0.25) is 0 Å². The fraction of sp³-hybridized carbons (Fsp3) is 0.870. The van der Waals surface area contributed by atoms with E-state index in [2.05, 4.69) is 14.8 Å². The molecule has 0 aromatic rings. The maximum absolute atomic E-state index is 11.9. The van der Waals surface area contributed by atoms with Gasteiger partial charge in [-0.2, -0.15) is 0 Å². The summed E-state index contributed by atoms with van der Waals surface area (Å²) >= 11 is -1.76. The van der Waals surface area contributed by atoms with Gasteiger partial charge in [-0.1, -0.05) is 0 Å². The summed E-state index contributed by atoms with van der Waals surface area (Å²) in [6, 6.07) is 0. The molecule has 0 N–H and O–H groups in total. The molecule has 8 heteroatoms. The van der Waals surface area contributed by atoms with Gasteiger partial charge >= 0.3 is 116 Å². The van der Waals surface area contributed by atoms with Crippen molar-refractivity contribution in [2.75, 3.05) is 26.2 Å². The number of likely N-dealkylation sites (tertiary alicyclic amines) is 2. The number of Topliss-reactive ketones (excluding diaryl/α,β-unsaturated/α-hetero) is 1. The van der Waals surface area contributed by atoms with Crippen molar-refractivity contribution in [2.45, 2.75) is 97.2 Å². The second kappa shape index (κ2) is 11.2. The zero-order valence-corrected chi connectivity index (χ0v) is 24.0. The van der Waals surface area contributed by atoms with Gasteiger partial charge in [-0.3, -0.25) is 4.79 Å². The van der Waals surface area contributed by atoms with Crippen LogP contribution in [-0.4, -0.2) is 83.5 Å². The Hall–Kier alpha value is -0.991. The summed E-state index contributed by atoms with van der Waals surface area (Å²) in [5, 5.41) is 0. The number of carbonyl (C=O) groups excluding carboxylic acids is 3. The predicted octanol–water partition coefficient (Wildman–Crippen LogP) is 5.31. The molecule has 0 aromatic carbocycles. The van der Waals surface area contributed by atoms with Gasteiger partial charge in [0.05, 0.1) is 0 Å². The number of amides is 2. The predicted molar refractivity (Wildman–Crippen MR) is 126 cm³/mol. The number of piperidine rings is 2. The quantitative estimate of drug-likeness (QED) is 0.416. The molecule has 0 aromatic heterocycles.